The molecule has 2 N–H and O–H groups in total. The Kier molecular flexibility index (Phi) is 12.0. The largest absolute Gasteiger partial charge is 0.463 e. The fourth-order valence-corrected chi connectivity index (χ4v) is 6.26. The van der Waals surface area contributed by atoms with Gasteiger partial charge < -0.3 is 10.2 Å². The number of ketones is 2. The van der Waals surface area contributed by atoms with E-state index in [1.54, 1.807) is 6.26 Å². The first kappa shape index (κ1) is 27.6. The van der Waals surface area contributed by atoms with Crippen molar-refractivity contribution in [3.63, 3.8) is 0 Å². The van der Waals surface area contributed by atoms with Crippen LogP contribution in [0, 0.1) is 5.92 Å². The molecule has 1 fully saturated rings. The van der Waals surface area contributed by atoms with Crippen LogP contribution in [0.5, 0.6) is 0 Å². The van der Waals surface area contributed by atoms with Crippen molar-refractivity contribution in [3.05, 3.63) is 23.3 Å². The van der Waals surface area contributed by atoms with Crippen molar-refractivity contribution in [3.8, 4) is 11.5 Å². The summed E-state index contributed by atoms with van der Waals surface area (Å²) in [5.74, 6) is 0.954. The second-order valence-electron chi connectivity index (χ2n) is 10.2. The van der Waals surface area contributed by atoms with Gasteiger partial charge in [-0.15, -0.1) is 11.3 Å². The van der Waals surface area contributed by atoms with Crippen molar-refractivity contribution in [2.75, 3.05) is 5.73 Å². The second-order valence-corrected chi connectivity index (χ2v) is 11.3. The molecule has 2 aromatic rings. The first-order valence-electron chi connectivity index (χ1n) is 14.0. The molecular weight excluding hydrogens is 456 g/mol. The standard InChI is InChI=1S/C29H44N2O3S/c1-2-3-4-5-6-7-8-9-10-11-12-13-15-24(27(33)22-17-19-23(32)20-18-22)28-26(31-29(30)35-28)25-16-14-21-34-25/h14,16,21-22,24H,2-13,15,17-20H2,1H3,(H2,30,31). The lowest BCUT2D eigenvalue weighted by Gasteiger charge is -2.25. The number of furan rings is 1. The minimum atomic E-state index is -0.216. The zero-order valence-corrected chi connectivity index (χ0v) is 22.4. The molecule has 1 saturated carbocycles. The van der Waals surface area contributed by atoms with E-state index < -0.39 is 0 Å². The molecule has 0 amide bonds. The van der Waals surface area contributed by atoms with Gasteiger partial charge in [0.2, 0.25) is 0 Å². The van der Waals surface area contributed by atoms with Gasteiger partial charge in [-0.2, -0.15) is 0 Å². The number of carbonyl (C=O) groups excluding carboxylic acids is 2. The normalized spacial score (nSPS) is 15.5. The minimum absolute atomic E-state index is 0.0391. The van der Waals surface area contributed by atoms with Gasteiger partial charge >= 0.3 is 0 Å². The maximum absolute atomic E-state index is 13.7. The lowest BCUT2D eigenvalue weighted by Crippen LogP contribution is -2.26. The van der Waals surface area contributed by atoms with Crippen LogP contribution in [0.2, 0.25) is 0 Å². The van der Waals surface area contributed by atoms with Gasteiger partial charge in [0.05, 0.1) is 12.2 Å². The van der Waals surface area contributed by atoms with Crippen LogP contribution in [-0.2, 0) is 9.59 Å². The summed E-state index contributed by atoms with van der Waals surface area (Å²) in [6.45, 7) is 2.26. The number of hydrogen-bond acceptors (Lipinski definition) is 6. The number of nitrogens with zero attached hydrogens (tertiary/aromatic N) is 1. The Morgan fingerprint density at radius 3 is 2.20 bits per heavy atom. The molecule has 1 aliphatic carbocycles. The topological polar surface area (TPSA) is 86.2 Å². The van der Waals surface area contributed by atoms with Crippen molar-refractivity contribution in [1.29, 1.82) is 0 Å². The summed E-state index contributed by atoms with van der Waals surface area (Å²) in [5.41, 5.74) is 6.81. The van der Waals surface area contributed by atoms with Crippen LogP contribution in [0.25, 0.3) is 11.5 Å². The highest BCUT2D eigenvalue weighted by atomic mass is 32.1. The summed E-state index contributed by atoms with van der Waals surface area (Å²) in [7, 11) is 0. The van der Waals surface area contributed by atoms with Crippen LogP contribution >= 0.6 is 11.3 Å². The number of carbonyl (C=O) groups is 2. The number of unbranched alkanes of at least 4 members (excludes halogenated alkanes) is 11. The zero-order valence-electron chi connectivity index (χ0n) is 21.6. The van der Waals surface area contributed by atoms with Gasteiger partial charge in [-0.25, -0.2) is 4.98 Å². The van der Waals surface area contributed by atoms with E-state index in [1.165, 1.54) is 75.5 Å². The summed E-state index contributed by atoms with van der Waals surface area (Å²) in [6.07, 6.45) is 20.4. The van der Waals surface area contributed by atoms with Crippen LogP contribution < -0.4 is 5.73 Å². The van der Waals surface area contributed by atoms with Crippen LogP contribution in [0.3, 0.4) is 0 Å². The average molecular weight is 501 g/mol. The van der Waals surface area contributed by atoms with Crippen LogP contribution in [0.15, 0.2) is 22.8 Å². The fraction of sp³-hybridized carbons (Fsp3) is 0.690. The lowest BCUT2D eigenvalue weighted by atomic mass is 9.79. The number of nitrogen functional groups attached to an aromatic ring is 1. The summed E-state index contributed by atoms with van der Waals surface area (Å²) >= 11 is 1.42. The van der Waals surface area contributed by atoms with Gasteiger partial charge in [0.1, 0.15) is 17.3 Å². The van der Waals surface area contributed by atoms with Crippen molar-refractivity contribution in [2.24, 2.45) is 5.92 Å². The van der Waals surface area contributed by atoms with E-state index in [4.69, 9.17) is 10.2 Å². The molecule has 0 bridgehead atoms. The molecule has 194 valence electrons. The molecule has 1 unspecified atom stereocenters. The molecule has 2 aromatic heterocycles. The Bertz CT molecular complexity index is 880. The third-order valence-corrected chi connectivity index (χ3v) is 8.37. The van der Waals surface area contributed by atoms with Crippen molar-refractivity contribution in [1.82, 2.24) is 4.98 Å². The molecule has 3 rings (SSSR count). The van der Waals surface area contributed by atoms with Crippen LogP contribution in [-0.4, -0.2) is 16.6 Å². The maximum atomic E-state index is 13.7. The summed E-state index contributed by atoms with van der Waals surface area (Å²) in [4.78, 5) is 30.9. The Balaban J connectivity index is 1.51. The second kappa shape index (κ2) is 15.2. The van der Waals surface area contributed by atoms with Gasteiger partial charge in [-0.3, -0.25) is 9.59 Å². The summed E-state index contributed by atoms with van der Waals surface area (Å²) < 4.78 is 5.61. The van der Waals surface area contributed by atoms with Crippen molar-refractivity contribution >= 4 is 28.0 Å². The van der Waals surface area contributed by atoms with Crippen LogP contribution in [0.1, 0.15) is 127 Å². The Morgan fingerprint density at radius 1 is 1.03 bits per heavy atom. The molecule has 35 heavy (non-hydrogen) atoms. The average Bonchev–Trinajstić information content (AvgIpc) is 3.52. The molecule has 5 nitrogen and oxygen atoms in total. The molecular formula is C29H44N2O3S. The number of anilines is 1. The van der Waals surface area contributed by atoms with E-state index in [1.807, 2.05) is 12.1 Å². The van der Waals surface area contributed by atoms with Crippen molar-refractivity contribution < 1.29 is 14.0 Å². The highest BCUT2D eigenvalue weighted by Crippen LogP contribution is 2.41. The third kappa shape index (κ3) is 8.89. The molecule has 2 heterocycles. The predicted molar refractivity (Wildman–Crippen MR) is 145 cm³/mol. The number of aromatic nitrogens is 1. The van der Waals surface area contributed by atoms with Crippen molar-refractivity contribution in [2.45, 2.75) is 122 Å². The molecule has 0 radical (unpaired) electrons. The SMILES string of the molecule is CCCCCCCCCCCCCCC(C(=O)C1CCC(=O)CC1)c1sc(N)nc1-c1ccco1. The molecule has 1 atom stereocenters. The minimum Gasteiger partial charge on any atom is -0.463 e. The van der Waals surface area contributed by atoms with E-state index in [-0.39, 0.29) is 23.4 Å². The third-order valence-electron chi connectivity index (χ3n) is 7.38. The lowest BCUT2D eigenvalue weighted by molar-refractivity contribution is -0.128. The highest BCUT2D eigenvalue weighted by Gasteiger charge is 2.34. The van der Waals surface area contributed by atoms with Crippen LogP contribution in [0.4, 0.5) is 5.13 Å². The van der Waals surface area contributed by atoms with E-state index in [2.05, 4.69) is 11.9 Å². The smallest absolute Gasteiger partial charge is 0.180 e. The maximum Gasteiger partial charge on any atom is 0.180 e. The monoisotopic (exact) mass is 500 g/mol. The molecule has 1 aliphatic rings. The zero-order chi connectivity index (χ0) is 24.9. The van der Waals surface area contributed by atoms with E-state index >= 15 is 0 Å². The van der Waals surface area contributed by atoms with Gasteiger partial charge in [-0.1, -0.05) is 84.0 Å². The van der Waals surface area contributed by atoms with E-state index in [0.29, 0.717) is 42.3 Å². The summed E-state index contributed by atoms with van der Waals surface area (Å²) in [6, 6.07) is 3.71. The van der Waals surface area contributed by atoms with E-state index in [9.17, 15) is 9.59 Å². The quantitative estimate of drug-likeness (QED) is 0.220. The molecule has 0 spiro atoms. The molecule has 0 aliphatic heterocycles. The fourth-order valence-electron chi connectivity index (χ4n) is 5.28. The number of Topliss-reactive ketones (excluding diaryl/α,β-unsaturated/α-hetero) is 2. The first-order chi connectivity index (χ1) is 17.1. The Labute approximate surface area is 215 Å². The number of nitrogens with two attached hydrogens (primary N) is 1. The number of rotatable bonds is 17. The number of hydrogen-bond donors (Lipinski definition) is 1. The molecule has 0 aromatic carbocycles. The molecule has 0 saturated heterocycles. The van der Waals surface area contributed by atoms with Gasteiger partial charge in [0.25, 0.3) is 0 Å². The highest BCUT2D eigenvalue weighted by molar-refractivity contribution is 7.16. The Morgan fingerprint density at radius 2 is 1.63 bits per heavy atom. The van der Waals surface area contributed by atoms with E-state index in [0.717, 1.165) is 24.1 Å². The molecule has 6 heteroatoms. The summed E-state index contributed by atoms with van der Waals surface area (Å²) in [5, 5.41) is 0.470. The number of thiazole rings is 1. The van der Waals surface area contributed by atoms with Gasteiger partial charge in [0, 0.05) is 23.6 Å². The Hall–Kier alpha value is -1.95. The predicted octanol–water partition coefficient (Wildman–Crippen LogP) is 8.49. The van der Waals surface area contributed by atoms with Gasteiger partial charge in [-0.05, 0) is 31.4 Å². The first-order valence-corrected chi connectivity index (χ1v) is 14.8. The van der Waals surface area contributed by atoms with Gasteiger partial charge in [0.15, 0.2) is 10.9 Å².